The summed E-state index contributed by atoms with van der Waals surface area (Å²) < 4.78 is 22.5. The van der Waals surface area contributed by atoms with Crippen LogP contribution >= 0.6 is 11.3 Å². The maximum atomic E-state index is 11.0. The number of nitrogens with one attached hydrogen (secondary N) is 1. The van der Waals surface area contributed by atoms with Gasteiger partial charge in [-0.3, -0.25) is 4.79 Å². The molecule has 1 aromatic heterocycles. The summed E-state index contributed by atoms with van der Waals surface area (Å²) in [6, 6.07) is 4.26. The molecule has 0 bridgehead atoms. The van der Waals surface area contributed by atoms with Crippen molar-refractivity contribution in [3.63, 3.8) is 0 Å². The number of aromatic nitrogens is 1. The Morgan fingerprint density at radius 2 is 2.07 bits per heavy atom. The SMILES string of the molecule is NS(=O)(=O)c1ccc2[nH]c(=O)sc2c1. The van der Waals surface area contributed by atoms with E-state index in [-0.39, 0.29) is 9.77 Å². The van der Waals surface area contributed by atoms with Crippen LogP contribution in [0.4, 0.5) is 0 Å². The van der Waals surface area contributed by atoms with Crippen molar-refractivity contribution in [3.05, 3.63) is 27.9 Å². The van der Waals surface area contributed by atoms with Gasteiger partial charge < -0.3 is 4.98 Å². The highest BCUT2D eigenvalue weighted by atomic mass is 32.2. The Hall–Kier alpha value is -1.18. The molecule has 5 nitrogen and oxygen atoms in total. The zero-order valence-electron chi connectivity index (χ0n) is 6.85. The predicted octanol–water partition coefficient (Wildman–Crippen LogP) is 0.237. The molecular formula is C7H6N2O3S2. The van der Waals surface area contributed by atoms with Crippen molar-refractivity contribution in [1.82, 2.24) is 4.98 Å². The minimum absolute atomic E-state index is 0.0141. The first kappa shape index (κ1) is 9.38. The largest absolute Gasteiger partial charge is 0.312 e. The zero-order valence-corrected chi connectivity index (χ0v) is 8.48. The number of hydrogen-bond donors (Lipinski definition) is 2. The van der Waals surface area contributed by atoms with Gasteiger partial charge in [-0.05, 0) is 18.2 Å². The number of aromatic amines is 1. The summed E-state index contributed by atoms with van der Waals surface area (Å²) in [5, 5.41) is 4.94. The summed E-state index contributed by atoms with van der Waals surface area (Å²) in [6.45, 7) is 0. The first-order chi connectivity index (χ1) is 6.47. The second-order valence-electron chi connectivity index (χ2n) is 2.72. The van der Waals surface area contributed by atoms with Gasteiger partial charge in [0.15, 0.2) is 0 Å². The summed E-state index contributed by atoms with van der Waals surface area (Å²) in [4.78, 5) is 13.3. The van der Waals surface area contributed by atoms with Crippen LogP contribution in [0.1, 0.15) is 0 Å². The van der Waals surface area contributed by atoms with E-state index in [0.29, 0.717) is 10.2 Å². The number of rotatable bonds is 1. The summed E-state index contributed by atoms with van der Waals surface area (Å²) in [7, 11) is -3.69. The molecule has 7 heteroatoms. The van der Waals surface area contributed by atoms with E-state index in [2.05, 4.69) is 4.98 Å². The zero-order chi connectivity index (χ0) is 10.3. The third-order valence-corrected chi connectivity index (χ3v) is 3.48. The third-order valence-electron chi connectivity index (χ3n) is 1.72. The van der Waals surface area contributed by atoms with Crippen LogP contribution in [0.2, 0.25) is 0 Å². The molecule has 0 aliphatic carbocycles. The Morgan fingerprint density at radius 3 is 2.71 bits per heavy atom. The van der Waals surface area contributed by atoms with Crippen LogP contribution in [0.3, 0.4) is 0 Å². The molecule has 74 valence electrons. The third kappa shape index (κ3) is 1.57. The van der Waals surface area contributed by atoms with Crippen molar-refractivity contribution in [3.8, 4) is 0 Å². The van der Waals surface area contributed by atoms with Gasteiger partial charge in [0, 0.05) is 0 Å². The van der Waals surface area contributed by atoms with E-state index in [4.69, 9.17) is 5.14 Å². The van der Waals surface area contributed by atoms with E-state index < -0.39 is 10.0 Å². The van der Waals surface area contributed by atoms with Crippen LogP contribution in [-0.2, 0) is 10.0 Å². The number of benzene rings is 1. The summed E-state index contributed by atoms with van der Waals surface area (Å²) >= 11 is 0.951. The monoisotopic (exact) mass is 230 g/mol. The van der Waals surface area contributed by atoms with Crippen molar-refractivity contribution in [1.29, 1.82) is 0 Å². The maximum absolute atomic E-state index is 11.0. The van der Waals surface area contributed by atoms with Crippen LogP contribution < -0.4 is 10.0 Å². The van der Waals surface area contributed by atoms with Gasteiger partial charge in [-0.25, -0.2) is 13.6 Å². The number of primary sulfonamides is 1. The van der Waals surface area contributed by atoms with Gasteiger partial charge >= 0.3 is 4.87 Å². The molecule has 0 aliphatic rings. The molecule has 0 aliphatic heterocycles. The first-order valence-electron chi connectivity index (χ1n) is 3.62. The lowest BCUT2D eigenvalue weighted by Crippen LogP contribution is -2.11. The summed E-state index contributed by atoms with van der Waals surface area (Å²) in [5.41, 5.74) is 0.618. The fraction of sp³-hybridized carbons (Fsp3) is 0. The van der Waals surface area contributed by atoms with Crippen LogP contribution in [-0.4, -0.2) is 13.4 Å². The molecular weight excluding hydrogens is 224 g/mol. The molecule has 1 heterocycles. The molecule has 0 saturated carbocycles. The number of H-pyrrole nitrogens is 1. The van der Waals surface area contributed by atoms with Crippen molar-refractivity contribution < 1.29 is 8.42 Å². The molecule has 2 rings (SSSR count). The number of thiazole rings is 1. The summed E-state index contributed by atoms with van der Waals surface area (Å²) in [6.07, 6.45) is 0. The normalized spacial score (nSPS) is 12.1. The maximum Gasteiger partial charge on any atom is 0.305 e. The van der Waals surface area contributed by atoms with Crippen LogP contribution in [0.15, 0.2) is 27.9 Å². The highest BCUT2D eigenvalue weighted by Gasteiger charge is 2.09. The minimum Gasteiger partial charge on any atom is -0.312 e. The van der Waals surface area contributed by atoms with Crippen molar-refractivity contribution >= 4 is 31.6 Å². The van der Waals surface area contributed by atoms with Gasteiger partial charge in [-0.1, -0.05) is 11.3 Å². The molecule has 0 radical (unpaired) electrons. The summed E-state index contributed by atoms with van der Waals surface area (Å²) in [5.74, 6) is 0. The average Bonchev–Trinajstić information content (AvgIpc) is 2.41. The van der Waals surface area contributed by atoms with Crippen LogP contribution in [0.5, 0.6) is 0 Å². The Labute approximate surface area is 83.2 Å². The topological polar surface area (TPSA) is 93.0 Å². The highest BCUT2D eigenvalue weighted by molar-refractivity contribution is 7.89. The lowest BCUT2D eigenvalue weighted by molar-refractivity contribution is 0.598. The smallest absolute Gasteiger partial charge is 0.305 e. The molecule has 0 atom stereocenters. The second kappa shape index (κ2) is 2.91. The minimum atomic E-state index is -3.69. The molecule has 0 amide bonds. The van der Waals surface area contributed by atoms with Crippen molar-refractivity contribution in [2.75, 3.05) is 0 Å². The molecule has 0 spiro atoms. The molecule has 1 aromatic carbocycles. The molecule has 0 unspecified atom stereocenters. The van der Waals surface area contributed by atoms with E-state index in [1.54, 1.807) is 0 Å². The van der Waals surface area contributed by atoms with E-state index >= 15 is 0 Å². The Balaban J connectivity index is 2.80. The quantitative estimate of drug-likeness (QED) is 0.734. The Morgan fingerprint density at radius 1 is 1.36 bits per heavy atom. The van der Waals surface area contributed by atoms with Gasteiger partial charge in [0.25, 0.3) is 0 Å². The van der Waals surface area contributed by atoms with Crippen molar-refractivity contribution in [2.45, 2.75) is 4.90 Å². The molecule has 0 fully saturated rings. The number of fused-ring (bicyclic) bond motifs is 1. The Bertz CT molecular complexity index is 638. The molecule has 0 saturated heterocycles. The van der Waals surface area contributed by atoms with E-state index in [1.165, 1.54) is 18.2 Å². The van der Waals surface area contributed by atoms with E-state index in [0.717, 1.165) is 11.3 Å². The van der Waals surface area contributed by atoms with Gasteiger partial charge in [0.1, 0.15) is 0 Å². The number of hydrogen-bond acceptors (Lipinski definition) is 4. The van der Waals surface area contributed by atoms with Gasteiger partial charge in [0.2, 0.25) is 10.0 Å². The number of sulfonamides is 1. The van der Waals surface area contributed by atoms with Crippen LogP contribution in [0, 0.1) is 0 Å². The van der Waals surface area contributed by atoms with Gasteiger partial charge in [-0.2, -0.15) is 0 Å². The lowest BCUT2D eigenvalue weighted by Gasteiger charge is -1.96. The van der Waals surface area contributed by atoms with Crippen molar-refractivity contribution in [2.24, 2.45) is 5.14 Å². The first-order valence-corrected chi connectivity index (χ1v) is 5.99. The van der Waals surface area contributed by atoms with Crippen LogP contribution in [0.25, 0.3) is 10.2 Å². The van der Waals surface area contributed by atoms with Gasteiger partial charge in [-0.15, -0.1) is 0 Å². The molecule has 2 aromatic rings. The molecule has 3 N–H and O–H groups in total. The highest BCUT2D eigenvalue weighted by Crippen LogP contribution is 2.18. The fourth-order valence-corrected chi connectivity index (χ4v) is 2.49. The number of nitrogens with two attached hydrogens (primary N) is 1. The molecule has 14 heavy (non-hydrogen) atoms. The fourth-order valence-electron chi connectivity index (χ4n) is 1.10. The second-order valence-corrected chi connectivity index (χ2v) is 5.29. The predicted molar refractivity (Wildman–Crippen MR) is 53.8 cm³/mol. The van der Waals surface area contributed by atoms with Gasteiger partial charge in [0.05, 0.1) is 15.1 Å². The average molecular weight is 230 g/mol. The van der Waals surface area contributed by atoms with E-state index in [9.17, 15) is 13.2 Å². The van der Waals surface area contributed by atoms with E-state index in [1.807, 2.05) is 0 Å². The standard InChI is InChI=1S/C7H6N2O3S2/c8-14(11,12)4-1-2-5-6(3-4)13-7(10)9-5/h1-3H,(H,9,10)(H2,8,11,12). The Kier molecular flexibility index (Phi) is 1.95. The lowest BCUT2D eigenvalue weighted by atomic mass is 10.3.